The van der Waals surface area contributed by atoms with Gasteiger partial charge in [0.2, 0.25) is 0 Å². The van der Waals surface area contributed by atoms with Crippen LogP contribution in [0.4, 0.5) is 0 Å². The van der Waals surface area contributed by atoms with E-state index in [1.54, 1.807) is 0 Å². The average molecular weight is 254 g/mol. The first-order valence-corrected chi connectivity index (χ1v) is 6.45. The molecule has 0 amide bonds. The van der Waals surface area contributed by atoms with Crippen molar-refractivity contribution in [3.8, 4) is 0 Å². The fourth-order valence-corrected chi connectivity index (χ4v) is 2.46. The Morgan fingerprint density at radius 1 is 1.17 bits per heavy atom. The first-order valence-electron chi connectivity index (χ1n) is 6.04. The Morgan fingerprint density at radius 3 is 2.72 bits per heavy atom. The molecule has 1 aromatic rings. The van der Waals surface area contributed by atoms with Crippen LogP contribution in [0.1, 0.15) is 12.0 Å². The Morgan fingerprint density at radius 2 is 2.00 bits per heavy atom. The van der Waals surface area contributed by atoms with Crippen LogP contribution in [0.5, 0.6) is 0 Å². The molecule has 0 saturated carbocycles. The Kier molecular flexibility index (Phi) is 2.99. The lowest BCUT2D eigenvalue weighted by Gasteiger charge is -2.26. The van der Waals surface area contributed by atoms with Crippen LogP contribution < -0.4 is 10.6 Å². The SMILES string of the molecule is S=C1NC(c2ccccc2)=CC(C2=CCC=C2)N1. The molecule has 2 aliphatic rings. The van der Waals surface area contributed by atoms with Crippen molar-refractivity contribution in [2.24, 2.45) is 0 Å². The lowest BCUT2D eigenvalue weighted by Crippen LogP contribution is -2.45. The van der Waals surface area contributed by atoms with E-state index >= 15 is 0 Å². The number of hydrogen-bond donors (Lipinski definition) is 2. The first kappa shape index (κ1) is 11.2. The molecule has 1 aromatic carbocycles. The molecule has 1 unspecified atom stereocenters. The summed E-state index contributed by atoms with van der Waals surface area (Å²) in [5, 5.41) is 7.18. The van der Waals surface area contributed by atoms with Crippen molar-refractivity contribution in [2.75, 3.05) is 0 Å². The maximum atomic E-state index is 5.28. The Labute approximate surface area is 112 Å². The molecule has 3 rings (SSSR count). The van der Waals surface area contributed by atoms with Gasteiger partial charge in [0.05, 0.1) is 6.04 Å². The van der Waals surface area contributed by atoms with Crippen LogP contribution in [0.15, 0.2) is 60.2 Å². The highest BCUT2D eigenvalue weighted by Gasteiger charge is 2.19. The predicted octanol–water partition coefficient (Wildman–Crippen LogP) is 2.76. The molecule has 18 heavy (non-hydrogen) atoms. The van der Waals surface area contributed by atoms with E-state index in [9.17, 15) is 0 Å². The second-order valence-electron chi connectivity index (χ2n) is 4.36. The minimum Gasteiger partial charge on any atom is -0.352 e. The Hall–Kier alpha value is -1.87. The van der Waals surface area contributed by atoms with Crippen LogP contribution in [-0.4, -0.2) is 11.2 Å². The van der Waals surface area contributed by atoms with Crippen LogP contribution >= 0.6 is 12.2 Å². The topological polar surface area (TPSA) is 24.1 Å². The average Bonchev–Trinajstić information content (AvgIpc) is 2.93. The van der Waals surface area contributed by atoms with Gasteiger partial charge in [0.15, 0.2) is 5.11 Å². The van der Waals surface area contributed by atoms with E-state index in [1.807, 2.05) is 18.2 Å². The molecular weight excluding hydrogens is 240 g/mol. The standard InChI is InChI=1S/C15H14N2S/c18-15-16-13(11-6-2-1-3-7-11)10-14(17-15)12-8-4-5-9-12/h1-4,6-10,14H,5H2,(H2,16,17,18). The van der Waals surface area contributed by atoms with Crippen molar-refractivity contribution in [3.63, 3.8) is 0 Å². The van der Waals surface area contributed by atoms with Gasteiger partial charge in [-0.1, -0.05) is 48.6 Å². The van der Waals surface area contributed by atoms with Crippen LogP contribution in [0, 0.1) is 0 Å². The van der Waals surface area contributed by atoms with E-state index in [-0.39, 0.29) is 6.04 Å². The molecule has 0 fully saturated rings. The molecule has 0 aromatic heterocycles. The molecule has 3 heteroatoms. The highest BCUT2D eigenvalue weighted by molar-refractivity contribution is 7.80. The van der Waals surface area contributed by atoms with Gasteiger partial charge in [-0.05, 0) is 35.9 Å². The number of rotatable bonds is 2. The zero-order valence-corrected chi connectivity index (χ0v) is 10.7. The highest BCUT2D eigenvalue weighted by atomic mass is 32.1. The molecule has 1 atom stereocenters. The van der Waals surface area contributed by atoms with Crippen LogP contribution in [-0.2, 0) is 0 Å². The number of hydrogen-bond acceptors (Lipinski definition) is 1. The van der Waals surface area contributed by atoms with Gasteiger partial charge >= 0.3 is 0 Å². The van der Waals surface area contributed by atoms with Crippen LogP contribution in [0.3, 0.4) is 0 Å². The smallest absolute Gasteiger partial charge is 0.171 e. The van der Waals surface area contributed by atoms with E-state index in [1.165, 1.54) is 5.57 Å². The number of allylic oxidation sites excluding steroid dienone is 2. The van der Waals surface area contributed by atoms with Crippen molar-refractivity contribution in [3.05, 3.63) is 65.8 Å². The van der Waals surface area contributed by atoms with Gasteiger partial charge in [0.1, 0.15) is 0 Å². The minimum absolute atomic E-state index is 0.174. The fourth-order valence-electron chi connectivity index (χ4n) is 2.22. The third-order valence-electron chi connectivity index (χ3n) is 3.11. The van der Waals surface area contributed by atoms with E-state index in [0.717, 1.165) is 17.7 Å². The van der Waals surface area contributed by atoms with Gasteiger partial charge < -0.3 is 10.6 Å². The van der Waals surface area contributed by atoms with Crippen LogP contribution in [0.25, 0.3) is 5.70 Å². The normalized spacial score (nSPS) is 22.0. The van der Waals surface area contributed by atoms with Gasteiger partial charge in [-0.3, -0.25) is 0 Å². The summed E-state index contributed by atoms with van der Waals surface area (Å²) < 4.78 is 0. The van der Waals surface area contributed by atoms with Gasteiger partial charge in [0.25, 0.3) is 0 Å². The highest BCUT2D eigenvalue weighted by Crippen LogP contribution is 2.21. The molecule has 1 heterocycles. The van der Waals surface area contributed by atoms with Gasteiger partial charge in [-0.2, -0.15) is 0 Å². The third-order valence-corrected chi connectivity index (χ3v) is 3.33. The summed E-state index contributed by atoms with van der Waals surface area (Å²) in [6.07, 6.45) is 9.75. The number of nitrogens with one attached hydrogen (secondary N) is 2. The molecule has 0 saturated heterocycles. The van der Waals surface area contributed by atoms with Gasteiger partial charge in [-0.15, -0.1) is 0 Å². The van der Waals surface area contributed by atoms with E-state index in [4.69, 9.17) is 12.2 Å². The lowest BCUT2D eigenvalue weighted by atomic mass is 10.0. The molecule has 1 aliphatic carbocycles. The molecule has 90 valence electrons. The molecule has 0 spiro atoms. The lowest BCUT2D eigenvalue weighted by molar-refractivity contribution is 0.819. The summed E-state index contributed by atoms with van der Waals surface area (Å²) in [4.78, 5) is 0. The van der Waals surface area contributed by atoms with E-state index in [2.05, 4.69) is 47.1 Å². The molecule has 0 radical (unpaired) electrons. The molecule has 1 aliphatic heterocycles. The zero-order valence-electron chi connectivity index (χ0n) is 9.89. The summed E-state index contributed by atoms with van der Waals surface area (Å²) >= 11 is 5.28. The maximum Gasteiger partial charge on any atom is 0.171 e. The van der Waals surface area contributed by atoms with Gasteiger partial charge in [0, 0.05) is 5.70 Å². The molecule has 2 nitrogen and oxygen atoms in total. The first-order chi connectivity index (χ1) is 8.83. The minimum atomic E-state index is 0.174. The van der Waals surface area contributed by atoms with E-state index in [0.29, 0.717) is 5.11 Å². The quantitative estimate of drug-likeness (QED) is 0.794. The van der Waals surface area contributed by atoms with Crippen molar-refractivity contribution >= 4 is 23.0 Å². The summed E-state index contributed by atoms with van der Waals surface area (Å²) in [6, 6.07) is 10.4. The van der Waals surface area contributed by atoms with Gasteiger partial charge in [-0.25, -0.2) is 0 Å². The van der Waals surface area contributed by atoms with Crippen molar-refractivity contribution in [1.29, 1.82) is 0 Å². The summed E-state index contributed by atoms with van der Waals surface area (Å²) in [5.74, 6) is 0. The number of benzene rings is 1. The maximum absolute atomic E-state index is 5.28. The second-order valence-corrected chi connectivity index (χ2v) is 4.77. The molecular formula is C15H14N2S. The third kappa shape index (κ3) is 2.22. The summed E-state index contributed by atoms with van der Waals surface area (Å²) in [7, 11) is 0. The van der Waals surface area contributed by atoms with Crippen molar-refractivity contribution in [1.82, 2.24) is 10.6 Å². The predicted molar refractivity (Wildman–Crippen MR) is 78.9 cm³/mol. The largest absolute Gasteiger partial charge is 0.352 e. The second kappa shape index (κ2) is 4.78. The van der Waals surface area contributed by atoms with Crippen LogP contribution in [0.2, 0.25) is 0 Å². The molecule has 2 N–H and O–H groups in total. The van der Waals surface area contributed by atoms with Crippen molar-refractivity contribution in [2.45, 2.75) is 12.5 Å². The van der Waals surface area contributed by atoms with Crippen molar-refractivity contribution < 1.29 is 0 Å². The Bertz CT molecular complexity index is 555. The number of thiocarbonyl (C=S) groups is 1. The zero-order chi connectivity index (χ0) is 12.4. The van der Waals surface area contributed by atoms with E-state index < -0.39 is 0 Å². The fraction of sp³-hybridized carbons (Fsp3) is 0.133. The Balaban J connectivity index is 1.94. The molecule has 0 bridgehead atoms. The summed E-state index contributed by atoms with van der Waals surface area (Å²) in [5.41, 5.74) is 3.52. The summed E-state index contributed by atoms with van der Waals surface area (Å²) in [6.45, 7) is 0. The monoisotopic (exact) mass is 254 g/mol.